The fourth-order valence-electron chi connectivity index (χ4n) is 3.12. The molecule has 0 saturated heterocycles. The standard InChI is InChI=1S/C21H19N3O2/c1-14-12-17(15(2)26-14)20(25)23-21-22-18-10-6-7-11-19(18)24(21)13-16-8-4-3-5-9-16/h3-12H,13H2,1-2H3,(H,22,23,25). The Kier molecular flexibility index (Phi) is 4.05. The first kappa shape index (κ1) is 16.1. The van der Waals surface area contributed by atoms with Crippen LogP contribution < -0.4 is 5.32 Å². The second-order valence-corrected chi connectivity index (χ2v) is 6.28. The van der Waals surface area contributed by atoms with Gasteiger partial charge < -0.3 is 8.98 Å². The molecule has 0 bridgehead atoms. The molecule has 0 saturated carbocycles. The second kappa shape index (κ2) is 6.52. The van der Waals surface area contributed by atoms with E-state index in [1.165, 1.54) is 0 Å². The van der Waals surface area contributed by atoms with Crippen molar-refractivity contribution in [3.8, 4) is 0 Å². The summed E-state index contributed by atoms with van der Waals surface area (Å²) in [6.07, 6.45) is 0. The van der Waals surface area contributed by atoms with Gasteiger partial charge in [-0.15, -0.1) is 0 Å². The molecule has 1 N–H and O–H groups in total. The van der Waals surface area contributed by atoms with Crippen LogP contribution in [0.2, 0.25) is 0 Å². The zero-order chi connectivity index (χ0) is 18.1. The number of nitrogens with zero attached hydrogens (tertiary/aromatic N) is 2. The Labute approximate surface area is 151 Å². The molecule has 5 nitrogen and oxygen atoms in total. The van der Waals surface area contributed by atoms with E-state index in [9.17, 15) is 4.79 Å². The predicted molar refractivity (Wildman–Crippen MR) is 101 cm³/mol. The van der Waals surface area contributed by atoms with Crippen molar-refractivity contribution in [1.29, 1.82) is 0 Å². The highest BCUT2D eigenvalue weighted by Gasteiger charge is 2.18. The number of amides is 1. The van der Waals surface area contributed by atoms with Gasteiger partial charge in [0.25, 0.3) is 5.91 Å². The number of anilines is 1. The van der Waals surface area contributed by atoms with Crippen LogP contribution in [0.5, 0.6) is 0 Å². The number of benzene rings is 2. The third-order valence-corrected chi connectivity index (χ3v) is 4.35. The van der Waals surface area contributed by atoms with Gasteiger partial charge in [0.1, 0.15) is 11.5 Å². The van der Waals surface area contributed by atoms with E-state index in [-0.39, 0.29) is 5.91 Å². The van der Waals surface area contributed by atoms with E-state index >= 15 is 0 Å². The SMILES string of the molecule is Cc1cc(C(=O)Nc2nc3ccccc3n2Cc2ccccc2)c(C)o1. The molecule has 2 aromatic carbocycles. The molecule has 130 valence electrons. The molecule has 0 atom stereocenters. The molecule has 5 heteroatoms. The molecule has 4 rings (SSSR count). The molecule has 0 aliphatic rings. The molecule has 0 fully saturated rings. The molecule has 0 spiro atoms. The summed E-state index contributed by atoms with van der Waals surface area (Å²) in [6.45, 7) is 4.24. The zero-order valence-electron chi connectivity index (χ0n) is 14.7. The van der Waals surface area contributed by atoms with E-state index in [0.717, 1.165) is 16.6 Å². The Balaban J connectivity index is 1.73. The summed E-state index contributed by atoms with van der Waals surface area (Å²) in [4.78, 5) is 17.3. The number of carbonyl (C=O) groups excluding carboxylic acids is 1. The van der Waals surface area contributed by atoms with E-state index in [0.29, 0.717) is 29.6 Å². The number of carbonyl (C=O) groups is 1. The van der Waals surface area contributed by atoms with Gasteiger partial charge in [-0.2, -0.15) is 0 Å². The third-order valence-electron chi connectivity index (χ3n) is 4.35. The Hall–Kier alpha value is -3.34. The molecular weight excluding hydrogens is 326 g/mol. The molecular formula is C21H19N3O2. The maximum Gasteiger partial charge on any atom is 0.261 e. The lowest BCUT2D eigenvalue weighted by molar-refractivity contribution is 0.102. The van der Waals surface area contributed by atoms with Crippen molar-refractivity contribution < 1.29 is 9.21 Å². The highest BCUT2D eigenvalue weighted by Crippen LogP contribution is 2.23. The number of hydrogen-bond acceptors (Lipinski definition) is 3. The van der Waals surface area contributed by atoms with Crippen molar-refractivity contribution in [2.24, 2.45) is 0 Å². The minimum atomic E-state index is -0.219. The lowest BCUT2D eigenvalue weighted by Crippen LogP contribution is -2.16. The summed E-state index contributed by atoms with van der Waals surface area (Å²) in [5.74, 6) is 1.62. The van der Waals surface area contributed by atoms with E-state index < -0.39 is 0 Å². The quantitative estimate of drug-likeness (QED) is 0.590. The molecule has 26 heavy (non-hydrogen) atoms. The van der Waals surface area contributed by atoms with Crippen molar-refractivity contribution in [3.05, 3.63) is 83.3 Å². The van der Waals surface area contributed by atoms with Crippen molar-refractivity contribution in [2.75, 3.05) is 5.32 Å². The van der Waals surface area contributed by atoms with Crippen LogP contribution in [0.15, 0.2) is 65.1 Å². The summed E-state index contributed by atoms with van der Waals surface area (Å²) in [6, 6.07) is 19.7. The molecule has 2 heterocycles. The van der Waals surface area contributed by atoms with E-state index in [2.05, 4.69) is 22.4 Å². The number of hydrogen-bond donors (Lipinski definition) is 1. The lowest BCUT2D eigenvalue weighted by Gasteiger charge is -2.10. The van der Waals surface area contributed by atoms with Gasteiger partial charge in [-0.05, 0) is 37.6 Å². The van der Waals surface area contributed by atoms with E-state index in [1.807, 2.05) is 54.0 Å². The van der Waals surface area contributed by atoms with Gasteiger partial charge in [0, 0.05) is 0 Å². The van der Waals surface area contributed by atoms with Gasteiger partial charge in [-0.3, -0.25) is 10.1 Å². The van der Waals surface area contributed by atoms with Crippen molar-refractivity contribution in [3.63, 3.8) is 0 Å². The highest BCUT2D eigenvalue weighted by atomic mass is 16.3. The smallest absolute Gasteiger partial charge is 0.261 e. The predicted octanol–water partition coefficient (Wildman–Crippen LogP) is 4.55. The van der Waals surface area contributed by atoms with Gasteiger partial charge in [0.05, 0.1) is 23.1 Å². The molecule has 0 radical (unpaired) electrons. The minimum absolute atomic E-state index is 0.219. The van der Waals surface area contributed by atoms with Crippen LogP contribution in [0.25, 0.3) is 11.0 Å². The molecule has 2 aromatic heterocycles. The van der Waals surface area contributed by atoms with Gasteiger partial charge in [-0.25, -0.2) is 4.98 Å². The first-order chi connectivity index (χ1) is 12.6. The number of imidazole rings is 1. The monoisotopic (exact) mass is 345 g/mol. The Bertz CT molecular complexity index is 1080. The fourth-order valence-corrected chi connectivity index (χ4v) is 3.12. The normalized spacial score (nSPS) is 11.0. The molecule has 0 unspecified atom stereocenters. The van der Waals surface area contributed by atoms with Crippen LogP contribution in [0.3, 0.4) is 0 Å². The number of aromatic nitrogens is 2. The van der Waals surface area contributed by atoms with Gasteiger partial charge >= 0.3 is 0 Å². The van der Waals surface area contributed by atoms with Crippen LogP contribution in [-0.4, -0.2) is 15.5 Å². The highest BCUT2D eigenvalue weighted by molar-refractivity contribution is 6.04. The van der Waals surface area contributed by atoms with Crippen LogP contribution in [0.4, 0.5) is 5.95 Å². The minimum Gasteiger partial charge on any atom is -0.466 e. The first-order valence-corrected chi connectivity index (χ1v) is 8.49. The summed E-state index contributed by atoms with van der Waals surface area (Å²) < 4.78 is 7.49. The van der Waals surface area contributed by atoms with E-state index in [1.54, 1.807) is 13.0 Å². The molecule has 4 aromatic rings. The van der Waals surface area contributed by atoms with Crippen LogP contribution in [-0.2, 0) is 6.54 Å². The zero-order valence-corrected chi connectivity index (χ0v) is 14.7. The Morgan fingerprint density at radius 2 is 1.81 bits per heavy atom. The largest absolute Gasteiger partial charge is 0.466 e. The van der Waals surface area contributed by atoms with Crippen molar-refractivity contribution in [1.82, 2.24) is 9.55 Å². The topological polar surface area (TPSA) is 60.1 Å². The fraction of sp³-hybridized carbons (Fsp3) is 0.143. The summed E-state index contributed by atoms with van der Waals surface area (Å²) in [5.41, 5.74) is 3.49. The summed E-state index contributed by atoms with van der Waals surface area (Å²) in [5, 5.41) is 2.94. The number of rotatable bonds is 4. The summed E-state index contributed by atoms with van der Waals surface area (Å²) >= 11 is 0. The van der Waals surface area contributed by atoms with Crippen LogP contribution >= 0.6 is 0 Å². The van der Waals surface area contributed by atoms with E-state index in [4.69, 9.17) is 4.42 Å². The maximum atomic E-state index is 12.7. The molecule has 0 aliphatic heterocycles. The number of aryl methyl sites for hydroxylation is 2. The van der Waals surface area contributed by atoms with Gasteiger partial charge in [0.2, 0.25) is 5.95 Å². The average Bonchev–Trinajstić information content (AvgIpc) is 3.15. The number of para-hydroxylation sites is 2. The Morgan fingerprint density at radius 3 is 2.54 bits per heavy atom. The van der Waals surface area contributed by atoms with Crippen LogP contribution in [0, 0.1) is 13.8 Å². The van der Waals surface area contributed by atoms with Crippen molar-refractivity contribution in [2.45, 2.75) is 20.4 Å². The first-order valence-electron chi connectivity index (χ1n) is 8.49. The van der Waals surface area contributed by atoms with Crippen LogP contribution in [0.1, 0.15) is 27.4 Å². The maximum absolute atomic E-state index is 12.7. The van der Waals surface area contributed by atoms with Gasteiger partial charge in [0.15, 0.2) is 0 Å². The number of fused-ring (bicyclic) bond motifs is 1. The van der Waals surface area contributed by atoms with Crippen molar-refractivity contribution >= 4 is 22.9 Å². The average molecular weight is 345 g/mol. The number of nitrogens with one attached hydrogen (secondary N) is 1. The molecule has 0 aliphatic carbocycles. The summed E-state index contributed by atoms with van der Waals surface area (Å²) in [7, 11) is 0. The lowest BCUT2D eigenvalue weighted by atomic mass is 10.2. The Morgan fingerprint density at radius 1 is 1.08 bits per heavy atom. The second-order valence-electron chi connectivity index (χ2n) is 6.28. The number of furan rings is 1. The van der Waals surface area contributed by atoms with Gasteiger partial charge in [-0.1, -0.05) is 42.5 Å². The third kappa shape index (κ3) is 2.99. The molecule has 1 amide bonds.